The Bertz CT molecular complexity index is 480. The zero-order chi connectivity index (χ0) is 13.2. The number of aryl methyl sites for hydroxylation is 2. The largest absolute Gasteiger partial charge is 0.327 e. The van der Waals surface area contributed by atoms with Gasteiger partial charge in [-0.15, -0.1) is 0 Å². The van der Waals surface area contributed by atoms with Crippen molar-refractivity contribution in [2.75, 3.05) is 0 Å². The van der Waals surface area contributed by atoms with Crippen molar-refractivity contribution in [2.24, 2.45) is 11.7 Å². The summed E-state index contributed by atoms with van der Waals surface area (Å²) in [6.07, 6.45) is 8.58. The van der Waals surface area contributed by atoms with Gasteiger partial charge < -0.3 is 5.73 Å². The molecule has 0 aliphatic heterocycles. The van der Waals surface area contributed by atoms with Crippen LogP contribution in [0.4, 0.5) is 0 Å². The lowest BCUT2D eigenvalue weighted by molar-refractivity contribution is -0.123. The third kappa shape index (κ3) is 2.74. The van der Waals surface area contributed by atoms with Crippen LogP contribution in [0.15, 0.2) is 18.2 Å². The van der Waals surface area contributed by atoms with Gasteiger partial charge in [0.05, 0.1) is 0 Å². The van der Waals surface area contributed by atoms with Gasteiger partial charge in [-0.05, 0) is 48.8 Å². The maximum atomic E-state index is 12.4. The number of hydrogen-bond acceptors (Lipinski definition) is 2. The van der Waals surface area contributed by atoms with Crippen LogP contribution in [0.1, 0.15) is 48.8 Å². The van der Waals surface area contributed by atoms with Crippen LogP contribution in [0.2, 0.25) is 0 Å². The first-order chi connectivity index (χ1) is 9.24. The molecule has 1 fully saturated rings. The van der Waals surface area contributed by atoms with Gasteiger partial charge in [-0.1, -0.05) is 31.0 Å². The number of carbonyl (C=O) groups excluding carboxylic acids is 1. The summed E-state index contributed by atoms with van der Waals surface area (Å²) < 4.78 is 0. The van der Waals surface area contributed by atoms with Crippen molar-refractivity contribution < 1.29 is 4.79 Å². The molecule has 2 N–H and O–H groups in total. The van der Waals surface area contributed by atoms with E-state index in [0.29, 0.717) is 12.2 Å². The molecule has 1 aromatic carbocycles. The number of benzene rings is 1. The van der Waals surface area contributed by atoms with Gasteiger partial charge in [-0.25, -0.2) is 0 Å². The Morgan fingerprint density at radius 3 is 2.74 bits per heavy atom. The molecule has 0 spiro atoms. The molecule has 2 unspecified atom stereocenters. The van der Waals surface area contributed by atoms with Crippen LogP contribution >= 0.6 is 0 Å². The quantitative estimate of drug-likeness (QED) is 0.904. The second-order valence-electron chi connectivity index (χ2n) is 6.15. The molecular weight excluding hydrogens is 234 g/mol. The average Bonchev–Trinajstić information content (AvgIpc) is 2.86. The molecule has 0 aromatic heterocycles. The molecule has 3 rings (SSSR count). The summed E-state index contributed by atoms with van der Waals surface area (Å²) in [5, 5.41) is 0. The second-order valence-corrected chi connectivity index (χ2v) is 6.15. The Labute approximate surface area is 115 Å². The molecule has 1 aromatic rings. The van der Waals surface area contributed by atoms with Crippen LogP contribution in [-0.2, 0) is 24.1 Å². The van der Waals surface area contributed by atoms with Crippen LogP contribution < -0.4 is 5.73 Å². The van der Waals surface area contributed by atoms with Gasteiger partial charge in [0.2, 0.25) is 0 Å². The molecule has 0 radical (unpaired) electrons. The molecule has 2 heteroatoms. The predicted octanol–water partition coefficient (Wildman–Crippen LogP) is 2.80. The monoisotopic (exact) mass is 257 g/mol. The molecule has 0 bridgehead atoms. The highest BCUT2D eigenvalue weighted by Gasteiger charge is 2.28. The van der Waals surface area contributed by atoms with E-state index in [9.17, 15) is 4.79 Å². The summed E-state index contributed by atoms with van der Waals surface area (Å²) in [5.74, 6) is 0.451. The number of nitrogens with two attached hydrogens (primary N) is 1. The molecule has 0 saturated heterocycles. The molecule has 102 valence electrons. The van der Waals surface area contributed by atoms with E-state index in [1.165, 1.54) is 42.4 Å². The fourth-order valence-electron chi connectivity index (χ4n) is 3.63. The van der Waals surface area contributed by atoms with Crippen molar-refractivity contribution in [3.8, 4) is 0 Å². The first-order valence-electron chi connectivity index (χ1n) is 7.63. The van der Waals surface area contributed by atoms with Gasteiger partial charge in [0.1, 0.15) is 5.78 Å². The predicted molar refractivity (Wildman–Crippen MR) is 77.1 cm³/mol. The normalized spacial score (nSPS) is 26.2. The molecule has 0 amide bonds. The van der Waals surface area contributed by atoms with Gasteiger partial charge in [-0.3, -0.25) is 4.79 Å². The smallest absolute Gasteiger partial charge is 0.141 e. The van der Waals surface area contributed by atoms with Crippen molar-refractivity contribution in [1.82, 2.24) is 0 Å². The Hall–Kier alpha value is -1.15. The lowest BCUT2D eigenvalue weighted by Crippen LogP contribution is -2.38. The Kier molecular flexibility index (Phi) is 3.69. The van der Waals surface area contributed by atoms with E-state index < -0.39 is 0 Å². The lowest BCUT2D eigenvalue weighted by atomic mass is 9.80. The first kappa shape index (κ1) is 12.9. The molecule has 1 saturated carbocycles. The number of rotatable bonds is 3. The van der Waals surface area contributed by atoms with Crippen LogP contribution in [-0.4, -0.2) is 11.8 Å². The fourth-order valence-corrected chi connectivity index (χ4v) is 3.63. The van der Waals surface area contributed by atoms with E-state index in [4.69, 9.17) is 5.73 Å². The third-order valence-electron chi connectivity index (χ3n) is 4.77. The minimum Gasteiger partial charge on any atom is -0.327 e. The second kappa shape index (κ2) is 5.46. The summed E-state index contributed by atoms with van der Waals surface area (Å²) in [7, 11) is 0. The third-order valence-corrected chi connectivity index (χ3v) is 4.77. The van der Waals surface area contributed by atoms with Crippen LogP contribution in [0.25, 0.3) is 0 Å². The van der Waals surface area contributed by atoms with Crippen LogP contribution in [0.3, 0.4) is 0 Å². The summed E-state index contributed by atoms with van der Waals surface area (Å²) in [6, 6.07) is 6.69. The number of carbonyl (C=O) groups is 1. The first-order valence-corrected chi connectivity index (χ1v) is 7.63. The zero-order valence-electron chi connectivity index (χ0n) is 11.5. The molecule has 0 heterocycles. The molecule has 2 atom stereocenters. The van der Waals surface area contributed by atoms with E-state index in [1.54, 1.807) is 0 Å². The number of ketones is 1. The van der Waals surface area contributed by atoms with Gasteiger partial charge in [0, 0.05) is 18.4 Å². The Morgan fingerprint density at radius 2 is 1.89 bits per heavy atom. The summed E-state index contributed by atoms with van der Waals surface area (Å²) in [4.78, 5) is 12.4. The molecule has 19 heavy (non-hydrogen) atoms. The lowest BCUT2D eigenvalue weighted by Gasteiger charge is -2.27. The standard InChI is InChI=1S/C17H23NO/c18-16-7-2-1-6-15(16)17(19)11-12-8-9-13-4-3-5-14(13)10-12/h8-10,15-16H,1-7,11,18H2. The van der Waals surface area contributed by atoms with E-state index in [1.807, 2.05) is 0 Å². The molecular formula is C17H23NO. The van der Waals surface area contributed by atoms with E-state index >= 15 is 0 Å². The van der Waals surface area contributed by atoms with Crippen molar-refractivity contribution in [1.29, 1.82) is 0 Å². The van der Waals surface area contributed by atoms with Gasteiger partial charge in [-0.2, -0.15) is 0 Å². The molecule has 2 nitrogen and oxygen atoms in total. The van der Waals surface area contributed by atoms with E-state index in [-0.39, 0.29) is 12.0 Å². The number of fused-ring (bicyclic) bond motifs is 1. The zero-order valence-corrected chi connectivity index (χ0v) is 11.5. The maximum absolute atomic E-state index is 12.4. The van der Waals surface area contributed by atoms with Gasteiger partial charge in [0.25, 0.3) is 0 Å². The summed E-state index contributed by atoms with van der Waals surface area (Å²) >= 11 is 0. The van der Waals surface area contributed by atoms with Gasteiger partial charge in [0.15, 0.2) is 0 Å². The average molecular weight is 257 g/mol. The molecule has 2 aliphatic rings. The SMILES string of the molecule is NC1CCCCC1C(=O)Cc1ccc2c(c1)CCC2. The van der Waals surface area contributed by atoms with Crippen molar-refractivity contribution in [3.63, 3.8) is 0 Å². The van der Waals surface area contributed by atoms with Crippen molar-refractivity contribution in [3.05, 3.63) is 34.9 Å². The van der Waals surface area contributed by atoms with Crippen molar-refractivity contribution >= 4 is 5.78 Å². The minimum absolute atomic E-state index is 0.0932. The highest BCUT2D eigenvalue weighted by atomic mass is 16.1. The van der Waals surface area contributed by atoms with Crippen LogP contribution in [0, 0.1) is 5.92 Å². The van der Waals surface area contributed by atoms with Crippen LogP contribution in [0.5, 0.6) is 0 Å². The maximum Gasteiger partial charge on any atom is 0.141 e. The fraction of sp³-hybridized carbons (Fsp3) is 0.588. The van der Waals surface area contributed by atoms with Crippen molar-refractivity contribution in [2.45, 2.75) is 57.4 Å². The minimum atomic E-state index is 0.0932. The van der Waals surface area contributed by atoms with E-state index in [0.717, 1.165) is 19.3 Å². The molecule has 2 aliphatic carbocycles. The highest BCUT2D eigenvalue weighted by Crippen LogP contribution is 2.27. The summed E-state index contributed by atoms with van der Waals surface area (Å²) in [6.45, 7) is 0. The Morgan fingerprint density at radius 1 is 1.11 bits per heavy atom. The summed E-state index contributed by atoms with van der Waals surface area (Å²) in [5.41, 5.74) is 10.2. The van der Waals surface area contributed by atoms with Gasteiger partial charge >= 0.3 is 0 Å². The number of Topliss-reactive ketones (excluding diaryl/α,β-unsaturated/α-hetero) is 1. The topological polar surface area (TPSA) is 43.1 Å². The highest BCUT2D eigenvalue weighted by molar-refractivity contribution is 5.84. The van der Waals surface area contributed by atoms with E-state index in [2.05, 4.69) is 18.2 Å². The number of hydrogen-bond donors (Lipinski definition) is 1. The Balaban J connectivity index is 1.69.